The molecule has 1 aliphatic heterocycles. The van der Waals surface area contributed by atoms with Crippen molar-refractivity contribution in [1.82, 2.24) is 0 Å². The van der Waals surface area contributed by atoms with E-state index in [1.165, 1.54) is 13.2 Å². The highest BCUT2D eigenvalue weighted by Gasteiger charge is 2.17. The van der Waals surface area contributed by atoms with Gasteiger partial charge >= 0.3 is 0 Å². The highest BCUT2D eigenvalue weighted by molar-refractivity contribution is 5.67. The van der Waals surface area contributed by atoms with Gasteiger partial charge in [-0.05, 0) is 23.8 Å². The van der Waals surface area contributed by atoms with Crippen molar-refractivity contribution in [2.24, 2.45) is 0 Å². The second-order valence-corrected chi connectivity index (χ2v) is 3.53. The number of hydrogen-bond acceptors (Lipinski definition) is 5. The molecule has 2 rings (SSSR count). The van der Waals surface area contributed by atoms with E-state index in [0.717, 1.165) is 0 Å². The van der Waals surface area contributed by atoms with Crippen LogP contribution in [0.25, 0.3) is 6.08 Å². The van der Waals surface area contributed by atoms with Crippen molar-refractivity contribution < 1.29 is 14.2 Å². The van der Waals surface area contributed by atoms with Gasteiger partial charge < -0.3 is 14.2 Å². The van der Waals surface area contributed by atoms with Gasteiger partial charge in [0, 0.05) is 0 Å². The lowest BCUT2D eigenvalue weighted by Crippen LogP contribution is -2.16. The zero-order chi connectivity index (χ0) is 13.0. The number of allylic oxidation sites excluding steroid dienone is 1. The molecule has 0 fully saturated rings. The van der Waals surface area contributed by atoms with Crippen LogP contribution in [0.1, 0.15) is 5.56 Å². The maximum absolute atomic E-state index is 8.72. The molecule has 0 saturated heterocycles. The fourth-order valence-corrected chi connectivity index (χ4v) is 1.63. The lowest BCUT2D eigenvalue weighted by Gasteiger charge is -2.20. The zero-order valence-electron chi connectivity index (χ0n) is 9.77. The number of methoxy groups -OCH3 is 1. The van der Waals surface area contributed by atoms with Crippen LogP contribution >= 0.6 is 0 Å². The van der Waals surface area contributed by atoms with Gasteiger partial charge in [-0.2, -0.15) is 10.5 Å². The fraction of sp³-hybridized carbons (Fsp3) is 0.231. The number of nitriles is 2. The van der Waals surface area contributed by atoms with Gasteiger partial charge in [-0.15, -0.1) is 0 Å². The maximum Gasteiger partial charge on any atom is 0.203 e. The third-order valence-corrected chi connectivity index (χ3v) is 2.40. The Hall–Kier alpha value is -2.66. The van der Waals surface area contributed by atoms with Gasteiger partial charge in [0.1, 0.15) is 30.9 Å². The van der Waals surface area contributed by atoms with Crippen LogP contribution in [-0.2, 0) is 0 Å². The van der Waals surface area contributed by atoms with Crippen molar-refractivity contribution >= 4 is 6.08 Å². The van der Waals surface area contributed by atoms with Crippen LogP contribution in [0, 0.1) is 22.7 Å². The Labute approximate surface area is 104 Å². The fourth-order valence-electron chi connectivity index (χ4n) is 1.63. The van der Waals surface area contributed by atoms with Gasteiger partial charge in [0.2, 0.25) is 5.75 Å². The van der Waals surface area contributed by atoms with Crippen LogP contribution in [0.4, 0.5) is 0 Å². The molecular formula is C13H10N2O3. The van der Waals surface area contributed by atoms with Crippen molar-refractivity contribution in [1.29, 1.82) is 10.5 Å². The number of rotatable bonds is 2. The predicted octanol–water partition coefficient (Wildman–Crippen LogP) is 1.90. The molecule has 5 heteroatoms. The predicted molar refractivity (Wildman–Crippen MR) is 63.2 cm³/mol. The van der Waals surface area contributed by atoms with Crippen molar-refractivity contribution in [3.8, 4) is 29.4 Å². The minimum Gasteiger partial charge on any atom is -0.493 e. The minimum absolute atomic E-state index is 0.0220. The molecule has 0 radical (unpaired) electrons. The third kappa shape index (κ3) is 2.21. The van der Waals surface area contributed by atoms with E-state index < -0.39 is 0 Å². The second kappa shape index (κ2) is 5.11. The Morgan fingerprint density at radius 1 is 1.28 bits per heavy atom. The summed E-state index contributed by atoms with van der Waals surface area (Å²) in [7, 11) is 1.52. The molecule has 90 valence electrons. The highest BCUT2D eigenvalue weighted by atomic mass is 16.6. The molecule has 0 N–H and O–H groups in total. The largest absolute Gasteiger partial charge is 0.493 e. The molecule has 0 bridgehead atoms. The first-order valence-electron chi connectivity index (χ1n) is 5.28. The number of fused-ring (bicyclic) bond motifs is 1. The molecule has 0 aromatic heterocycles. The van der Waals surface area contributed by atoms with Crippen molar-refractivity contribution in [3.05, 3.63) is 23.3 Å². The van der Waals surface area contributed by atoms with Gasteiger partial charge in [0.25, 0.3) is 0 Å². The first-order chi connectivity index (χ1) is 8.78. The van der Waals surface area contributed by atoms with E-state index in [1.54, 1.807) is 24.3 Å². The molecule has 1 aromatic rings. The van der Waals surface area contributed by atoms with Crippen molar-refractivity contribution in [2.45, 2.75) is 0 Å². The monoisotopic (exact) mass is 242 g/mol. The molecule has 0 spiro atoms. The summed E-state index contributed by atoms with van der Waals surface area (Å²) < 4.78 is 16.1. The summed E-state index contributed by atoms with van der Waals surface area (Å²) in [5.41, 5.74) is 0.683. The van der Waals surface area contributed by atoms with Crippen molar-refractivity contribution in [2.75, 3.05) is 20.3 Å². The zero-order valence-corrected chi connectivity index (χ0v) is 9.77. The van der Waals surface area contributed by atoms with Crippen LogP contribution in [0.15, 0.2) is 17.7 Å². The first-order valence-corrected chi connectivity index (χ1v) is 5.28. The van der Waals surface area contributed by atoms with Crippen LogP contribution in [0.3, 0.4) is 0 Å². The molecule has 1 aliphatic rings. The topological polar surface area (TPSA) is 75.3 Å². The standard InChI is InChI=1S/C13H10N2O3/c1-16-11-5-9(4-10(7-14)8-15)6-12-13(11)18-3-2-17-12/h4-6H,2-3H2,1H3. The quantitative estimate of drug-likeness (QED) is 0.740. The van der Waals surface area contributed by atoms with Crippen LogP contribution in [-0.4, -0.2) is 20.3 Å². The van der Waals surface area contributed by atoms with Crippen LogP contribution in [0.2, 0.25) is 0 Å². The normalized spacial score (nSPS) is 11.9. The molecule has 0 aliphatic carbocycles. The molecule has 0 saturated carbocycles. The molecular weight excluding hydrogens is 232 g/mol. The molecule has 5 nitrogen and oxygen atoms in total. The lowest BCUT2D eigenvalue weighted by atomic mass is 10.1. The summed E-state index contributed by atoms with van der Waals surface area (Å²) in [6.07, 6.45) is 1.47. The number of benzene rings is 1. The molecule has 0 amide bonds. The average Bonchev–Trinajstić information content (AvgIpc) is 2.43. The van der Waals surface area contributed by atoms with E-state index >= 15 is 0 Å². The SMILES string of the molecule is COc1cc(C=C(C#N)C#N)cc2c1OCCO2. The van der Waals surface area contributed by atoms with E-state index in [9.17, 15) is 0 Å². The van der Waals surface area contributed by atoms with E-state index in [1.807, 2.05) is 0 Å². The summed E-state index contributed by atoms with van der Waals surface area (Å²) >= 11 is 0. The van der Waals surface area contributed by atoms with Gasteiger partial charge in [-0.3, -0.25) is 0 Å². The Morgan fingerprint density at radius 3 is 2.67 bits per heavy atom. The molecule has 1 heterocycles. The lowest BCUT2D eigenvalue weighted by molar-refractivity contribution is 0.165. The Balaban J connectivity index is 2.49. The third-order valence-electron chi connectivity index (χ3n) is 2.40. The number of nitrogens with zero attached hydrogens (tertiary/aromatic N) is 2. The summed E-state index contributed by atoms with van der Waals surface area (Å²) in [5.74, 6) is 1.63. The highest BCUT2D eigenvalue weighted by Crippen LogP contribution is 2.40. The van der Waals surface area contributed by atoms with E-state index in [4.69, 9.17) is 24.7 Å². The summed E-state index contributed by atoms with van der Waals surface area (Å²) in [4.78, 5) is 0. The molecule has 1 aromatic carbocycles. The van der Waals surface area contributed by atoms with Gasteiger partial charge in [0.05, 0.1) is 7.11 Å². The molecule has 0 atom stereocenters. The number of hydrogen-bond donors (Lipinski definition) is 0. The van der Waals surface area contributed by atoms with Crippen molar-refractivity contribution in [3.63, 3.8) is 0 Å². The Kier molecular flexibility index (Phi) is 3.36. The number of ether oxygens (including phenoxy) is 3. The van der Waals surface area contributed by atoms with Crippen LogP contribution < -0.4 is 14.2 Å². The smallest absolute Gasteiger partial charge is 0.203 e. The summed E-state index contributed by atoms with van der Waals surface area (Å²) in [6.45, 7) is 0.937. The maximum atomic E-state index is 8.72. The average molecular weight is 242 g/mol. The summed E-state index contributed by atoms with van der Waals surface area (Å²) in [6, 6.07) is 7.02. The second-order valence-electron chi connectivity index (χ2n) is 3.53. The van der Waals surface area contributed by atoms with Gasteiger partial charge in [-0.25, -0.2) is 0 Å². The van der Waals surface area contributed by atoms with E-state index in [-0.39, 0.29) is 5.57 Å². The molecule has 0 unspecified atom stereocenters. The molecule has 18 heavy (non-hydrogen) atoms. The van der Waals surface area contributed by atoms with Gasteiger partial charge in [0.15, 0.2) is 11.5 Å². The summed E-state index contributed by atoms with van der Waals surface area (Å²) in [5, 5.41) is 17.4. The Morgan fingerprint density at radius 2 is 2.00 bits per heavy atom. The van der Waals surface area contributed by atoms with E-state index in [2.05, 4.69) is 0 Å². The minimum atomic E-state index is 0.0220. The van der Waals surface area contributed by atoms with E-state index in [0.29, 0.717) is 36.0 Å². The van der Waals surface area contributed by atoms with Crippen LogP contribution in [0.5, 0.6) is 17.2 Å². The first kappa shape index (κ1) is 11.8. The Bertz CT molecular complexity index is 546. The van der Waals surface area contributed by atoms with Gasteiger partial charge in [-0.1, -0.05) is 0 Å².